The second kappa shape index (κ2) is 9.15. The number of likely N-dealkylation sites (N-methyl/N-ethyl adjacent to an activating group) is 1. The standard InChI is InChI=1S/C19H25NO4/c1-4-23-16-7-5-14(6-8-16)19(18(21)13-20-2)24-17-11-9-15(22-3)10-12-17/h5-12,18-21H,4,13H2,1-3H3. The van der Waals surface area contributed by atoms with Crippen LogP contribution in [0.2, 0.25) is 0 Å². The maximum atomic E-state index is 10.5. The van der Waals surface area contributed by atoms with E-state index in [-0.39, 0.29) is 0 Å². The lowest BCUT2D eigenvalue weighted by molar-refractivity contribution is 0.0369. The predicted octanol–water partition coefficient (Wildman–Crippen LogP) is 2.79. The fourth-order valence-electron chi connectivity index (χ4n) is 2.41. The predicted molar refractivity (Wildman–Crippen MR) is 93.9 cm³/mol. The molecular formula is C19H25NO4. The number of aliphatic hydroxyl groups is 1. The molecule has 0 saturated carbocycles. The van der Waals surface area contributed by atoms with Gasteiger partial charge in [0.2, 0.25) is 0 Å². The molecule has 0 spiro atoms. The fourth-order valence-corrected chi connectivity index (χ4v) is 2.41. The Hall–Kier alpha value is -2.24. The number of hydrogen-bond acceptors (Lipinski definition) is 5. The van der Waals surface area contributed by atoms with Crippen LogP contribution in [0, 0.1) is 0 Å². The van der Waals surface area contributed by atoms with E-state index in [2.05, 4.69) is 5.32 Å². The van der Waals surface area contributed by atoms with Crippen LogP contribution in [0.3, 0.4) is 0 Å². The van der Waals surface area contributed by atoms with Crippen molar-refractivity contribution in [2.24, 2.45) is 0 Å². The van der Waals surface area contributed by atoms with Crippen molar-refractivity contribution in [3.8, 4) is 17.2 Å². The highest BCUT2D eigenvalue weighted by atomic mass is 16.5. The highest BCUT2D eigenvalue weighted by Gasteiger charge is 2.23. The average Bonchev–Trinajstić information content (AvgIpc) is 2.61. The number of aliphatic hydroxyl groups excluding tert-OH is 1. The van der Waals surface area contributed by atoms with Crippen molar-refractivity contribution in [1.82, 2.24) is 5.32 Å². The van der Waals surface area contributed by atoms with Gasteiger partial charge in [0.15, 0.2) is 6.10 Å². The Labute approximate surface area is 143 Å². The number of rotatable bonds is 9. The average molecular weight is 331 g/mol. The van der Waals surface area contributed by atoms with E-state index in [0.717, 1.165) is 17.1 Å². The molecule has 0 bridgehead atoms. The summed E-state index contributed by atoms with van der Waals surface area (Å²) >= 11 is 0. The zero-order valence-electron chi connectivity index (χ0n) is 14.4. The number of methoxy groups -OCH3 is 1. The number of nitrogens with one attached hydrogen (secondary N) is 1. The molecule has 2 rings (SSSR count). The van der Waals surface area contributed by atoms with Crippen molar-refractivity contribution in [1.29, 1.82) is 0 Å². The summed E-state index contributed by atoms with van der Waals surface area (Å²) in [4.78, 5) is 0. The van der Waals surface area contributed by atoms with Crippen LogP contribution >= 0.6 is 0 Å². The van der Waals surface area contributed by atoms with Gasteiger partial charge >= 0.3 is 0 Å². The minimum absolute atomic E-state index is 0.425. The van der Waals surface area contributed by atoms with Crippen molar-refractivity contribution < 1.29 is 19.3 Å². The molecule has 0 aliphatic rings. The van der Waals surface area contributed by atoms with Gasteiger partial charge in [-0.3, -0.25) is 0 Å². The summed E-state index contributed by atoms with van der Waals surface area (Å²) in [6, 6.07) is 14.9. The molecule has 2 atom stereocenters. The van der Waals surface area contributed by atoms with Crippen LogP contribution in [-0.2, 0) is 0 Å². The first kappa shape index (κ1) is 18.1. The van der Waals surface area contributed by atoms with E-state index in [9.17, 15) is 5.11 Å². The van der Waals surface area contributed by atoms with Crippen LogP contribution < -0.4 is 19.5 Å². The Morgan fingerprint density at radius 1 is 0.958 bits per heavy atom. The van der Waals surface area contributed by atoms with E-state index in [1.54, 1.807) is 14.2 Å². The highest BCUT2D eigenvalue weighted by Crippen LogP contribution is 2.27. The van der Waals surface area contributed by atoms with E-state index < -0.39 is 12.2 Å². The van der Waals surface area contributed by atoms with Gasteiger partial charge in [-0.15, -0.1) is 0 Å². The molecular weight excluding hydrogens is 306 g/mol. The van der Waals surface area contributed by atoms with E-state index in [0.29, 0.717) is 18.9 Å². The molecule has 0 amide bonds. The molecule has 0 fully saturated rings. The molecule has 2 unspecified atom stereocenters. The first-order valence-corrected chi connectivity index (χ1v) is 8.04. The maximum Gasteiger partial charge on any atom is 0.151 e. The monoisotopic (exact) mass is 331 g/mol. The van der Waals surface area contributed by atoms with Gasteiger partial charge in [-0.1, -0.05) is 12.1 Å². The molecule has 0 aliphatic carbocycles. The van der Waals surface area contributed by atoms with Gasteiger partial charge in [-0.05, 0) is 55.9 Å². The van der Waals surface area contributed by atoms with E-state index in [4.69, 9.17) is 14.2 Å². The number of ether oxygens (including phenoxy) is 3. The minimum atomic E-state index is -0.685. The molecule has 0 aliphatic heterocycles. The third kappa shape index (κ3) is 4.88. The molecule has 130 valence electrons. The summed E-state index contributed by atoms with van der Waals surface area (Å²) < 4.78 is 16.6. The summed E-state index contributed by atoms with van der Waals surface area (Å²) in [5.74, 6) is 2.23. The largest absolute Gasteiger partial charge is 0.497 e. The molecule has 0 aromatic heterocycles. The summed E-state index contributed by atoms with van der Waals surface area (Å²) in [5.41, 5.74) is 0.886. The van der Waals surface area contributed by atoms with Crippen LogP contribution in [0.25, 0.3) is 0 Å². The lowest BCUT2D eigenvalue weighted by Crippen LogP contribution is -2.32. The van der Waals surface area contributed by atoms with Gasteiger partial charge in [-0.25, -0.2) is 0 Å². The van der Waals surface area contributed by atoms with Crippen molar-refractivity contribution in [3.05, 3.63) is 54.1 Å². The van der Waals surface area contributed by atoms with E-state index in [1.807, 2.05) is 55.5 Å². The summed E-state index contributed by atoms with van der Waals surface area (Å²) in [7, 11) is 3.42. The normalized spacial score (nSPS) is 13.2. The second-order valence-corrected chi connectivity index (χ2v) is 5.34. The Bertz CT molecular complexity index is 598. The second-order valence-electron chi connectivity index (χ2n) is 5.34. The van der Waals surface area contributed by atoms with Gasteiger partial charge in [0.1, 0.15) is 23.4 Å². The van der Waals surface area contributed by atoms with Gasteiger partial charge < -0.3 is 24.6 Å². The summed E-state index contributed by atoms with van der Waals surface area (Å²) in [5, 5.41) is 13.4. The van der Waals surface area contributed by atoms with Crippen LogP contribution in [0.4, 0.5) is 0 Å². The molecule has 0 radical (unpaired) electrons. The zero-order valence-corrected chi connectivity index (χ0v) is 14.4. The Morgan fingerprint density at radius 2 is 1.54 bits per heavy atom. The maximum absolute atomic E-state index is 10.5. The van der Waals surface area contributed by atoms with Crippen molar-refractivity contribution in [3.63, 3.8) is 0 Å². The number of benzene rings is 2. The SMILES string of the molecule is CCOc1ccc(C(Oc2ccc(OC)cc2)C(O)CNC)cc1. The number of hydrogen-bond donors (Lipinski definition) is 2. The highest BCUT2D eigenvalue weighted by molar-refractivity contribution is 5.33. The first-order chi connectivity index (χ1) is 11.7. The summed E-state index contributed by atoms with van der Waals surface area (Å²) in [6.45, 7) is 2.99. The third-order valence-electron chi connectivity index (χ3n) is 3.60. The third-order valence-corrected chi connectivity index (χ3v) is 3.60. The smallest absolute Gasteiger partial charge is 0.151 e. The fraction of sp³-hybridized carbons (Fsp3) is 0.368. The van der Waals surface area contributed by atoms with Crippen molar-refractivity contribution in [2.75, 3.05) is 27.3 Å². The topological polar surface area (TPSA) is 60.0 Å². The van der Waals surface area contributed by atoms with Crippen LogP contribution in [-0.4, -0.2) is 38.5 Å². The Kier molecular flexibility index (Phi) is 6.90. The van der Waals surface area contributed by atoms with Gasteiger partial charge in [0.25, 0.3) is 0 Å². The molecule has 2 N–H and O–H groups in total. The lowest BCUT2D eigenvalue weighted by Gasteiger charge is -2.25. The van der Waals surface area contributed by atoms with E-state index >= 15 is 0 Å². The van der Waals surface area contributed by atoms with Gasteiger partial charge in [0.05, 0.1) is 13.7 Å². The quantitative estimate of drug-likeness (QED) is 0.740. The Morgan fingerprint density at radius 3 is 2.08 bits per heavy atom. The lowest BCUT2D eigenvalue weighted by atomic mass is 10.0. The molecule has 5 heteroatoms. The van der Waals surface area contributed by atoms with Crippen LogP contribution in [0.15, 0.2) is 48.5 Å². The van der Waals surface area contributed by atoms with Gasteiger partial charge in [-0.2, -0.15) is 0 Å². The molecule has 24 heavy (non-hydrogen) atoms. The zero-order chi connectivity index (χ0) is 17.4. The van der Waals surface area contributed by atoms with E-state index in [1.165, 1.54) is 0 Å². The van der Waals surface area contributed by atoms with Gasteiger partial charge in [0, 0.05) is 6.54 Å². The molecule has 2 aromatic carbocycles. The van der Waals surface area contributed by atoms with Crippen molar-refractivity contribution >= 4 is 0 Å². The minimum Gasteiger partial charge on any atom is -0.497 e. The molecule has 5 nitrogen and oxygen atoms in total. The first-order valence-electron chi connectivity index (χ1n) is 8.04. The summed E-state index contributed by atoms with van der Waals surface area (Å²) in [6.07, 6.45) is -1.17. The van der Waals surface area contributed by atoms with Crippen molar-refractivity contribution in [2.45, 2.75) is 19.1 Å². The molecule has 2 aromatic rings. The van der Waals surface area contributed by atoms with Crippen LogP contribution in [0.1, 0.15) is 18.6 Å². The van der Waals surface area contributed by atoms with Crippen LogP contribution in [0.5, 0.6) is 17.2 Å². The molecule has 0 heterocycles. The molecule has 0 saturated heterocycles. The Balaban J connectivity index is 2.19.